The third-order valence-corrected chi connectivity index (χ3v) is 5.68. The minimum absolute atomic E-state index is 0.525. The van der Waals surface area contributed by atoms with Gasteiger partial charge in [-0.05, 0) is 63.9 Å². The Kier molecular flexibility index (Phi) is 6.34. The molecule has 1 aliphatic rings. The highest BCUT2D eigenvalue weighted by Crippen LogP contribution is 2.39. The van der Waals surface area contributed by atoms with Crippen molar-refractivity contribution in [3.05, 3.63) is 20.8 Å². The van der Waals surface area contributed by atoms with Crippen molar-refractivity contribution in [3.8, 4) is 0 Å². The molecule has 1 N–H and O–H groups in total. The van der Waals surface area contributed by atoms with Gasteiger partial charge in [-0.2, -0.15) is 0 Å². The van der Waals surface area contributed by atoms with Crippen molar-refractivity contribution in [1.82, 2.24) is 10.2 Å². The van der Waals surface area contributed by atoms with E-state index in [1.54, 1.807) is 11.3 Å². The first-order valence-corrected chi connectivity index (χ1v) is 9.10. The number of halogens is 1. The lowest BCUT2D eigenvalue weighted by atomic mass is 10.1. The molecule has 1 aliphatic carbocycles. The van der Waals surface area contributed by atoms with Crippen LogP contribution in [0.5, 0.6) is 0 Å². The summed E-state index contributed by atoms with van der Waals surface area (Å²) < 4.78 is 0.940. The fourth-order valence-electron chi connectivity index (χ4n) is 3.09. The Labute approximate surface area is 132 Å². The molecule has 0 aromatic carbocycles. The largest absolute Gasteiger partial charge is 0.307 e. The van der Waals surface area contributed by atoms with E-state index >= 15 is 0 Å². The van der Waals surface area contributed by atoms with E-state index in [0.717, 1.165) is 17.4 Å². The maximum atomic E-state index is 6.12. The van der Waals surface area contributed by atoms with Crippen LogP contribution in [0.2, 0.25) is 4.34 Å². The van der Waals surface area contributed by atoms with Gasteiger partial charge in [0, 0.05) is 17.0 Å². The van der Waals surface area contributed by atoms with Gasteiger partial charge in [0.25, 0.3) is 0 Å². The molecule has 0 saturated carbocycles. The fraction of sp³-hybridized carbons (Fsp3) is 0.750. The molecule has 2 nitrogen and oxygen atoms in total. The molecule has 1 heterocycles. The number of nitrogens with zero attached hydrogens (tertiary/aromatic N) is 1. The minimum atomic E-state index is 0.525. The first-order valence-electron chi connectivity index (χ1n) is 7.90. The van der Waals surface area contributed by atoms with Gasteiger partial charge in [-0.3, -0.25) is 0 Å². The van der Waals surface area contributed by atoms with Crippen LogP contribution in [0.15, 0.2) is 6.07 Å². The highest BCUT2D eigenvalue weighted by Gasteiger charge is 2.25. The summed E-state index contributed by atoms with van der Waals surface area (Å²) in [5.74, 6) is 0. The molecule has 0 spiro atoms. The highest BCUT2D eigenvalue weighted by molar-refractivity contribution is 7.16. The second-order valence-electron chi connectivity index (χ2n) is 5.76. The van der Waals surface area contributed by atoms with Gasteiger partial charge in [-0.1, -0.05) is 25.4 Å². The zero-order valence-corrected chi connectivity index (χ0v) is 14.5. The van der Waals surface area contributed by atoms with E-state index < -0.39 is 0 Å². The van der Waals surface area contributed by atoms with Crippen LogP contribution < -0.4 is 5.32 Å². The number of aryl methyl sites for hydroxylation is 1. The molecule has 4 heteroatoms. The third kappa shape index (κ3) is 4.20. The predicted octanol–water partition coefficient (Wildman–Crippen LogP) is 4.49. The van der Waals surface area contributed by atoms with Gasteiger partial charge >= 0.3 is 0 Å². The molecule has 2 unspecified atom stereocenters. The molecular weight excluding hydrogens is 288 g/mol. The predicted molar refractivity (Wildman–Crippen MR) is 90.0 cm³/mol. The number of nitrogens with one attached hydrogen (secondary N) is 1. The summed E-state index contributed by atoms with van der Waals surface area (Å²) >= 11 is 7.87. The molecule has 0 amide bonds. The Hall–Kier alpha value is -0.0900. The summed E-state index contributed by atoms with van der Waals surface area (Å²) in [6.45, 7) is 10.3. The molecule has 20 heavy (non-hydrogen) atoms. The molecule has 1 aromatic heterocycles. The molecule has 2 rings (SSSR count). The van der Waals surface area contributed by atoms with Crippen LogP contribution in [0.3, 0.4) is 0 Å². The highest BCUT2D eigenvalue weighted by atomic mass is 35.5. The van der Waals surface area contributed by atoms with Gasteiger partial charge in [-0.15, -0.1) is 11.3 Å². The van der Waals surface area contributed by atoms with E-state index in [-0.39, 0.29) is 0 Å². The van der Waals surface area contributed by atoms with E-state index in [1.165, 1.54) is 42.7 Å². The lowest BCUT2D eigenvalue weighted by Gasteiger charge is -2.22. The zero-order valence-electron chi connectivity index (χ0n) is 12.9. The lowest BCUT2D eigenvalue weighted by Crippen LogP contribution is -2.31. The maximum absolute atomic E-state index is 6.12. The molecule has 114 valence electrons. The Bertz CT molecular complexity index is 415. The Morgan fingerprint density at radius 1 is 1.45 bits per heavy atom. The van der Waals surface area contributed by atoms with Crippen molar-refractivity contribution in [2.75, 3.05) is 19.6 Å². The minimum Gasteiger partial charge on any atom is -0.307 e. The van der Waals surface area contributed by atoms with E-state index in [0.29, 0.717) is 12.1 Å². The monoisotopic (exact) mass is 314 g/mol. The molecular formula is C16H27ClN2S. The standard InChI is InChI=1S/C16H27ClN2S/c1-4-19(5-2)10-6-7-12(3)18-14-8-9-15-13(14)11-16(17)20-15/h11-12,14,18H,4-10H2,1-3H3. The Morgan fingerprint density at radius 3 is 2.90 bits per heavy atom. The summed E-state index contributed by atoms with van der Waals surface area (Å²) in [5, 5.41) is 3.79. The summed E-state index contributed by atoms with van der Waals surface area (Å²) in [5.41, 5.74) is 1.45. The molecule has 0 bridgehead atoms. The molecule has 0 fully saturated rings. The van der Waals surface area contributed by atoms with Gasteiger partial charge < -0.3 is 10.2 Å². The van der Waals surface area contributed by atoms with Crippen LogP contribution in [0.25, 0.3) is 0 Å². The summed E-state index contributed by atoms with van der Waals surface area (Å²) in [7, 11) is 0. The van der Waals surface area contributed by atoms with Gasteiger partial charge in [0.1, 0.15) is 0 Å². The first kappa shape index (κ1) is 16.3. The van der Waals surface area contributed by atoms with E-state index in [9.17, 15) is 0 Å². The van der Waals surface area contributed by atoms with Crippen molar-refractivity contribution in [3.63, 3.8) is 0 Å². The number of thiophene rings is 1. The summed E-state index contributed by atoms with van der Waals surface area (Å²) in [4.78, 5) is 3.99. The molecule has 0 aliphatic heterocycles. The zero-order chi connectivity index (χ0) is 14.5. The van der Waals surface area contributed by atoms with Crippen LogP contribution in [0.4, 0.5) is 0 Å². The van der Waals surface area contributed by atoms with Gasteiger partial charge in [-0.25, -0.2) is 0 Å². The first-order chi connectivity index (χ1) is 9.63. The van der Waals surface area contributed by atoms with E-state index in [2.05, 4.69) is 37.1 Å². The third-order valence-electron chi connectivity index (χ3n) is 4.34. The fourth-order valence-corrected chi connectivity index (χ4v) is 4.45. The van der Waals surface area contributed by atoms with Gasteiger partial charge in [0.15, 0.2) is 0 Å². The van der Waals surface area contributed by atoms with Crippen molar-refractivity contribution in [1.29, 1.82) is 0 Å². The summed E-state index contributed by atoms with van der Waals surface area (Å²) in [6.07, 6.45) is 4.95. The normalized spacial score (nSPS) is 19.6. The second kappa shape index (κ2) is 7.79. The van der Waals surface area contributed by atoms with Crippen molar-refractivity contribution >= 4 is 22.9 Å². The van der Waals surface area contributed by atoms with Crippen molar-refractivity contribution < 1.29 is 0 Å². The molecule has 0 saturated heterocycles. The van der Waals surface area contributed by atoms with Crippen LogP contribution in [0, 0.1) is 0 Å². The number of hydrogen-bond donors (Lipinski definition) is 1. The van der Waals surface area contributed by atoms with E-state index in [4.69, 9.17) is 11.6 Å². The molecule has 0 radical (unpaired) electrons. The van der Waals surface area contributed by atoms with Crippen LogP contribution in [0.1, 0.15) is 56.5 Å². The number of rotatable bonds is 8. The van der Waals surface area contributed by atoms with Crippen molar-refractivity contribution in [2.45, 2.75) is 58.5 Å². The average molecular weight is 315 g/mol. The van der Waals surface area contributed by atoms with Crippen LogP contribution in [-0.4, -0.2) is 30.6 Å². The second-order valence-corrected chi connectivity index (χ2v) is 7.53. The van der Waals surface area contributed by atoms with Gasteiger partial charge in [0.05, 0.1) is 4.34 Å². The SMILES string of the molecule is CCN(CC)CCCC(C)NC1CCc2sc(Cl)cc21. The summed E-state index contributed by atoms with van der Waals surface area (Å²) in [6, 6.07) is 3.27. The Balaban J connectivity index is 1.74. The number of hydrogen-bond acceptors (Lipinski definition) is 3. The Morgan fingerprint density at radius 2 is 2.20 bits per heavy atom. The van der Waals surface area contributed by atoms with Crippen LogP contribution >= 0.6 is 22.9 Å². The van der Waals surface area contributed by atoms with Crippen LogP contribution in [-0.2, 0) is 6.42 Å². The van der Waals surface area contributed by atoms with Crippen molar-refractivity contribution in [2.24, 2.45) is 0 Å². The number of fused-ring (bicyclic) bond motifs is 1. The maximum Gasteiger partial charge on any atom is 0.0934 e. The van der Waals surface area contributed by atoms with E-state index in [1.807, 2.05) is 0 Å². The molecule has 2 atom stereocenters. The quantitative estimate of drug-likeness (QED) is 0.760. The lowest BCUT2D eigenvalue weighted by molar-refractivity contribution is 0.288. The molecule has 1 aromatic rings. The topological polar surface area (TPSA) is 15.3 Å². The smallest absolute Gasteiger partial charge is 0.0934 e. The van der Waals surface area contributed by atoms with Gasteiger partial charge in [0.2, 0.25) is 0 Å². The average Bonchev–Trinajstić information content (AvgIpc) is 2.95.